The average molecular weight is 247 g/mol. The van der Waals surface area contributed by atoms with Gasteiger partial charge in [0, 0.05) is 6.42 Å². The molecular weight excluding hydrogens is 228 g/mol. The van der Waals surface area contributed by atoms with Crippen molar-refractivity contribution in [3.05, 3.63) is 10.0 Å². The minimum Gasteiger partial charge on any atom is -0.144 e. The highest BCUT2D eigenvalue weighted by Gasteiger charge is 2.02. The van der Waals surface area contributed by atoms with Gasteiger partial charge in [-0.3, -0.25) is 0 Å². The topological polar surface area (TPSA) is 25.8 Å². The Kier molecular flexibility index (Phi) is 6.94. The lowest BCUT2D eigenvalue weighted by Gasteiger charge is -1.97. The van der Waals surface area contributed by atoms with Gasteiger partial charge >= 0.3 is 0 Å². The summed E-state index contributed by atoms with van der Waals surface area (Å²) in [6.07, 6.45) is 9.04. The maximum atomic E-state index is 5.67. The van der Waals surface area contributed by atoms with Crippen molar-refractivity contribution in [2.75, 3.05) is 0 Å². The summed E-state index contributed by atoms with van der Waals surface area (Å²) in [6.45, 7) is 2.24. The summed E-state index contributed by atoms with van der Waals surface area (Å²) in [7, 11) is 0. The predicted octanol–water partition coefficient (Wildman–Crippen LogP) is 4.18. The Bertz CT molecular complexity index is 263. The summed E-state index contributed by atoms with van der Waals surface area (Å²) in [5.41, 5.74) is 0. The van der Waals surface area contributed by atoms with E-state index < -0.39 is 0 Å². The highest BCUT2D eigenvalue weighted by atomic mass is 35.5. The molecule has 15 heavy (non-hydrogen) atoms. The molecule has 0 unspecified atom stereocenters. The minimum atomic E-state index is 0.494. The van der Waals surface area contributed by atoms with Crippen molar-refractivity contribution in [2.45, 2.75) is 57.7 Å². The van der Waals surface area contributed by atoms with E-state index in [1.165, 1.54) is 38.5 Å². The van der Waals surface area contributed by atoms with Gasteiger partial charge in [0.15, 0.2) is 0 Å². The van der Waals surface area contributed by atoms with Gasteiger partial charge in [0.1, 0.15) is 10.0 Å². The van der Waals surface area contributed by atoms with Crippen LogP contribution in [0, 0.1) is 0 Å². The third-order valence-electron chi connectivity index (χ3n) is 2.37. The predicted molar refractivity (Wildman–Crippen MR) is 66.5 cm³/mol. The third kappa shape index (κ3) is 5.47. The zero-order valence-electron chi connectivity index (χ0n) is 9.34. The second kappa shape index (κ2) is 8.05. The molecule has 1 heterocycles. The van der Waals surface area contributed by atoms with E-state index in [0.29, 0.717) is 5.88 Å². The summed E-state index contributed by atoms with van der Waals surface area (Å²) >= 11 is 7.31. The van der Waals surface area contributed by atoms with Crippen LogP contribution in [-0.2, 0) is 12.3 Å². The second-order valence-electron chi connectivity index (χ2n) is 3.74. The molecule has 0 aliphatic rings. The fourth-order valence-electron chi connectivity index (χ4n) is 1.50. The maximum Gasteiger partial charge on any atom is 0.132 e. The van der Waals surface area contributed by atoms with Crippen LogP contribution in [0.25, 0.3) is 0 Å². The Morgan fingerprint density at radius 3 is 2.33 bits per heavy atom. The average Bonchev–Trinajstić information content (AvgIpc) is 2.71. The fourth-order valence-corrected chi connectivity index (χ4v) is 2.45. The molecule has 2 nitrogen and oxygen atoms in total. The molecule has 0 spiro atoms. The molecule has 1 aromatic heterocycles. The van der Waals surface area contributed by atoms with Crippen LogP contribution in [0.5, 0.6) is 0 Å². The highest BCUT2D eigenvalue weighted by molar-refractivity contribution is 7.11. The van der Waals surface area contributed by atoms with Crippen molar-refractivity contribution in [3.8, 4) is 0 Å². The van der Waals surface area contributed by atoms with Crippen molar-refractivity contribution < 1.29 is 0 Å². The van der Waals surface area contributed by atoms with Crippen LogP contribution in [0.1, 0.15) is 55.5 Å². The Balaban J connectivity index is 2.04. The molecule has 0 atom stereocenters. The number of alkyl halides is 1. The summed E-state index contributed by atoms with van der Waals surface area (Å²) in [6, 6.07) is 0. The minimum absolute atomic E-state index is 0.494. The number of hydrogen-bond donors (Lipinski definition) is 0. The molecule has 0 fully saturated rings. The van der Waals surface area contributed by atoms with Gasteiger partial charge in [0.05, 0.1) is 5.88 Å². The van der Waals surface area contributed by atoms with E-state index in [-0.39, 0.29) is 0 Å². The van der Waals surface area contributed by atoms with Gasteiger partial charge in [-0.2, -0.15) is 0 Å². The van der Waals surface area contributed by atoms with Crippen molar-refractivity contribution >= 4 is 22.9 Å². The largest absolute Gasteiger partial charge is 0.144 e. The summed E-state index contributed by atoms with van der Waals surface area (Å²) in [4.78, 5) is 0. The monoisotopic (exact) mass is 246 g/mol. The molecular formula is C11H19ClN2S. The second-order valence-corrected chi connectivity index (χ2v) is 5.15. The van der Waals surface area contributed by atoms with Gasteiger partial charge in [-0.1, -0.05) is 39.0 Å². The lowest BCUT2D eigenvalue weighted by atomic mass is 10.1. The first-order chi connectivity index (χ1) is 7.36. The molecule has 0 N–H and O–H groups in total. The number of halogens is 1. The number of aromatic nitrogens is 2. The number of unbranched alkanes of at least 4 members (excludes halogenated alkanes) is 5. The lowest BCUT2D eigenvalue weighted by Crippen LogP contribution is -1.85. The number of hydrogen-bond acceptors (Lipinski definition) is 3. The zero-order chi connectivity index (χ0) is 10.9. The van der Waals surface area contributed by atoms with E-state index in [9.17, 15) is 0 Å². The number of rotatable bonds is 8. The molecule has 0 aromatic carbocycles. The molecule has 0 aliphatic heterocycles. The standard InChI is InChI=1S/C11H19ClN2S/c1-2-3-4-5-6-7-8-10-13-14-11(9-12)15-10/h2-9H2,1H3. The molecule has 0 bridgehead atoms. The third-order valence-corrected chi connectivity index (χ3v) is 3.76. The summed E-state index contributed by atoms with van der Waals surface area (Å²) in [5, 5.41) is 10.2. The van der Waals surface area contributed by atoms with Gasteiger partial charge in [0.2, 0.25) is 0 Å². The molecule has 0 amide bonds. The molecule has 86 valence electrons. The van der Waals surface area contributed by atoms with E-state index in [2.05, 4.69) is 17.1 Å². The Morgan fingerprint density at radius 1 is 1.00 bits per heavy atom. The van der Waals surface area contributed by atoms with Crippen LogP contribution in [0.15, 0.2) is 0 Å². The SMILES string of the molecule is CCCCCCCCc1nnc(CCl)s1. The van der Waals surface area contributed by atoms with Gasteiger partial charge in [0.25, 0.3) is 0 Å². The van der Waals surface area contributed by atoms with Gasteiger partial charge < -0.3 is 0 Å². The smallest absolute Gasteiger partial charge is 0.132 e. The van der Waals surface area contributed by atoms with Gasteiger partial charge in [-0.25, -0.2) is 0 Å². The summed E-state index contributed by atoms with van der Waals surface area (Å²) in [5.74, 6) is 0.494. The first kappa shape index (κ1) is 12.9. The van der Waals surface area contributed by atoms with Crippen molar-refractivity contribution in [1.82, 2.24) is 10.2 Å². The van der Waals surface area contributed by atoms with Crippen LogP contribution in [-0.4, -0.2) is 10.2 Å². The summed E-state index contributed by atoms with van der Waals surface area (Å²) < 4.78 is 0. The molecule has 0 aliphatic carbocycles. The van der Waals surface area contributed by atoms with E-state index >= 15 is 0 Å². The van der Waals surface area contributed by atoms with Gasteiger partial charge in [-0.15, -0.1) is 33.1 Å². The molecule has 1 aromatic rings. The molecule has 0 radical (unpaired) electrons. The molecule has 0 saturated carbocycles. The van der Waals surface area contributed by atoms with Crippen molar-refractivity contribution in [3.63, 3.8) is 0 Å². The Labute approximate surface area is 101 Å². The van der Waals surface area contributed by atoms with Crippen molar-refractivity contribution in [2.24, 2.45) is 0 Å². The van der Waals surface area contributed by atoms with Crippen LogP contribution in [0.4, 0.5) is 0 Å². The fraction of sp³-hybridized carbons (Fsp3) is 0.818. The zero-order valence-corrected chi connectivity index (χ0v) is 10.9. The molecule has 4 heteroatoms. The lowest BCUT2D eigenvalue weighted by molar-refractivity contribution is 0.606. The Hall–Kier alpha value is -0.150. The normalized spacial score (nSPS) is 10.8. The van der Waals surface area contributed by atoms with E-state index in [1.54, 1.807) is 11.3 Å². The van der Waals surface area contributed by atoms with Crippen LogP contribution >= 0.6 is 22.9 Å². The maximum absolute atomic E-state index is 5.67. The first-order valence-electron chi connectivity index (χ1n) is 5.74. The Morgan fingerprint density at radius 2 is 1.67 bits per heavy atom. The van der Waals surface area contributed by atoms with Crippen LogP contribution in [0.3, 0.4) is 0 Å². The first-order valence-corrected chi connectivity index (χ1v) is 7.09. The van der Waals surface area contributed by atoms with E-state index in [0.717, 1.165) is 16.4 Å². The van der Waals surface area contributed by atoms with E-state index in [4.69, 9.17) is 11.6 Å². The molecule has 1 rings (SSSR count). The molecule has 0 saturated heterocycles. The van der Waals surface area contributed by atoms with Crippen molar-refractivity contribution in [1.29, 1.82) is 0 Å². The number of aryl methyl sites for hydroxylation is 1. The van der Waals surface area contributed by atoms with Gasteiger partial charge in [-0.05, 0) is 6.42 Å². The van der Waals surface area contributed by atoms with E-state index in [1.807, 2.05) is 0 Å². The highest BCUT2D eigenvalue weighted by Crippen LogP contribution is 2.15. The van der Waals surface area contributed by atoms with Crippen LogP contribution in [0.2, 0.25) is 0 Å². The van der Waals surface area contributed by atoms with Crippen LogP contribution < -0.4 is 0 Å². The quantitative estimate of drug-likeness (QED) is 0.508. The number of nitrogens with zero attached hydrogens (tertiary/aromatic N) is 2.